The van der Waals surface area contributed by atoms with Crippen molar-refractivity contribution >= 4 is 90.1 Å². The Balaban J connectivity index is 1.55. The Morgan fingerprint density at radius 2 is 1.90 bits per heavy atom. The fourth-order valence-electron chi connectivity index (χ4n) is 3.39. The molecule has 2 amide bonds. The maximum atomic E-state index is 12.7. The van der Waals surface area contributed by atoms with E-state index in [0.29, 0.717) is 25.5 Å². The Kier molecular flexibility index (Phi) is 5.81. The summed E-state index contributed by atoms with van der Waals surface area (Å²) in [4.78, 5) is 26.2. The van der Waals surface area contributed by atoms with Gasteiger partial charge in [0.05, 0.1) is 10.6 Å². The predicted molar refractivity (Wildman–Crippen MR) is 125 cm³/mol. The van der Waals surface area contributed by atoms with Gasteiger partial charge in [-0.25, -0.2) is 0 Å². The highest BCUT2D eigenvalue weighted by molar-refractivity contribution is 7.80. The van der Waals surface area contributed by atoms with Crippen LogP contribution >= 0.6 is 58.1 Å². The number of fused-ring (bicyclic) bond motifs is 2. The molecule has 0 bridgehead atoms. The largest absolute Gasteiger partial charge is 0.365 e. The van der Waals surface area contributed by atoms with Gasteiger partial charge in [-0.05, 0) is 55.6 Å². The number of hydrogen-bond donors (Lipinski definition) is 3. The van der Waals surface area contributed by atoms with Crippen LogP contribution in [-0.4, -0.2) is 16.9 Å². The second-order valence-electron chi connectivity index (χ2n) is 6.57. The van der Waals surface area contributed by atoms with E-state index in [-0.39, 0.29) is 5.11 Å². The molecule has 0 radical (unpaired) electrons. The molecule has 3 aromatic rings. The zero-order valence-electron chi connectivity index (χ0n) is 14.9. The van der Waals surface area contributed by atoms with Crippen LogP contribution in [0.15, 0.2) is 18.2 Å². The Hall–Kier alpha value is -1.71. The van der Waals surface area contributed by atoms with E-state index in [0.717, 1.165) is 46.2 Å². The number of amides is 2. The van der Waals surface area contributed by atoms with Crippen LogP contribution in [0.25, 0.3) is 10.1 Å². The molecule has 2 aromatic heterocycles. The highest BCUT2D eigenvalue weighted by Gasteiger charge is 2.25. The number of carbonyl (C=O) groups excluding carboxylic acids is 2. The summed E-state index contributed by atoms with van der Waals surface area (Å²) in [6, 6.07) is 5.26. The highest BCUT2D eigenvalue weighted by atomic mass is 35.5. The number of thiophene rings is 2. The van der Waals surface area contributed by atoms with Gasteiger partial charge in [-0.2, -0.15) is 0 Å². The van der Waals surface area contributed by atoms with Gasteiger partial charge in [-0.3, -0.25) is 14.9 Å². The van der Waals surface area contributed by atoms with Crippen LogP contribution in [0.2, 0.25) is 10.0 Å². The lowest BCUT2D eigenvalue weighted by Gasteiger charge is -2.11. The van der Waals surface area contributed by atoms with Gasteiger partial charge in [-0.1, -0.05) is 29.3 Å². The second-order valence-corrected chi connectivity index (χ2v) is 9.95. The fourth-order valence-corrected chi connectivity index (χ4v) is 6.64. The Bertz CT molecular complexity index is 1170. The van der Waals surface area contributed by atoms with Crippen molar-refractivity contribution in [1.82, 2.24) is 5.32 Å². The first-order valence-corrected chi connectivity index (χ1v) is 11.6. The van der Waals surface area contributed by atoms with E-state index in [1.54, 1.807) is 18.2 Å². The number of nitrogens with two attached hydrogens (primary N) is 1. The molecule has 0 spiro atoms. The number of aryl methyl sites for hydroxylation is 1. The van der Waals surface area contributed by atoms with Crippen LogP contribution in [0.4, 0.5) is 5.00 Å². The van der Waals surface area contributed by atoms with Crippen LogP contribution in [0.1, 0.15) is 43.3 Å². The summed E-state index contributed by atoms with van der Waals surface area (Å²) in [5.41, 5.74) is 7.06. The third-order valence-electron chi connectivity index (χ3n) is 4.67. The van der Waals surface area contributed by atoms with E-state index in [4.69, 9.17) is 41.2 Å². The summed E-state index contributed by atoms with van der Waals surface area (Å²) in [5.74, 6) is -0.919. The van der Waals surface area contributed by atoms with Gasteiger partial charge in [0.25, 0.3) is 11.8 Å². The number of thiocarbonyl (C=S) groups is 1. The zero-order chi connectivity index (χ0) is 20.7. The highest BCUT2D eigenvalue weighted by Crippen LogP contribution is 2.38. The van der Waals surface area contributed by atoms with Gasteiger partial charge in [-0.15, -0.1) is 22.7 Å². The van der Waals surface area contributed by atoms with Crippen LogP contribution in [-0.2, 0) is 12.8 Å². The average Bonchev–Trinajstić information content (AvgIpc) is 3.18. The number of primary amides is 1. The van der Waals surface area contributed by atoms with E-state index >= 15 is 0 Å². The van der Waals surface area contributed by atoms with Crippen molar-refractivity contribution in [1.29, 1.82) is 0 Å². The molecule has 4 rings (SSSR count). The summed E-state index contributed by atoms with van der Waals surface area (Å²) >= 11 is 20.4. The van der Waals surface area contributed by atoms with Crippen molar-refractivity contribution < 1.29 is 9.59 Å². The summed E-state index contributed by atoms with van der Waals surface area (Å²) < 4.78 is 0.813. The van der Waals surface area contributed by atoms with Crippen LogP contribution in [0.3, 0.4) is 0 Å². The molecule has 0 fully saturated rings. The average molecular weight is 484 g/mol. The molecule has 0 unspecified atom stereocenters. The van der Waals surface area contributed by atoms with Crippen molar-refractivity contribution in [3.63, 3.8) is 0 Å². The van der Waals surface area contributed by atoms with Gasteiger partial charge in [0.15, 0.2) is 5.11 Å². The molecule has 1 aliphatic rings. The van der Waals surface area contributed by atoms with Crippen LogP contribution in [0.5, 0.6) is 0 Å². The molecule has 4 N–H and O–H groups in total. The van der Waals surface area contributed by atoms with Crippen molar-refractivity contribution in [3.8, 4) is 0 Å². The Labute approximate surface area is 190 Å². The van der Waals surface area contributed by atoms with Gasteiger partial charge < -0.3 is 11.1 Å². The number of carbonyl (C=O) groups is 2. The minimum absolute atomic E-state index is 0.0858. The van der Waals surface area contributed by atoms with Crippen molar-refractivity contribution in [2.75, 3.05) is 5.32 Å². The van der Waals surface area contributed by atoms with Gasteiger partial charge in [0, 0.05) is 20.0 Å². The molecule has 0 atom stereocenters. The quantitative estimate of drug-likeness (QED) is 0.436. The number of halogens is 2. The standard InChI is InChI=1S/C19H15Cl2N3O2S3/c20-8-5-6-10-12(7-8)28-15(14(10)21)17(26)23-19(27)24-18-13(16(22)25)9-3-1-2-4-11(9)29-18/h5-7H,1-4H2,(H2,22,25)(H2,23,24,26,27). The first-order valence-electron chi connectivity index (χ1n) is 8.79. The van der Waals surface area contributed by atoms with Gasteiger partial charge in [0.1, 0.15) is 9.88 Å². The Morgan fingerprint density at radius 3 is 2.66 bits per heavy atom. The summed E-state index contributed by atoms with van der Waals surface area (Å²) in [7, 11) is 0. The van der Waals surface area contributed by atoms with E-state index < -0.39 is 11.8 Å². The lowest BCUT2D eigenvalue weighted by molar-refractivity contribution is 0.0979. The minimum atomic E-state index is -0.495. The predicted octanol–water partition coefficient (Wildman–Crippen LogP) is 5.37. The minimum Gasteiger partial charge on any atom is -0.365 e. The number of hydrogen-bond acceptors (Lipinski definition) is 5. The number of benzene rings is 1. The molecule has 150 valence electrons. The molecule has 2 heterocycles. The molecular weight excluding hydrogens is 469 g/mol. The van der Waals surface area contributed by atoms with Gasteiger partial charge in [0.2, 0.25) is 0 Å². The third kappa shape index (κ3) is 4.00. The monoisotopic (exact) mass is 483 g/mol. The van der Waals surface area contributed by atoms with Crippen LogP contribution in [0, 0.1) is 0 Å². The Morgan fingerprint density at radius 1 is 1.14 bits per heavy atom. The maximum Gasteiger partial charge on any atom is 0.269 e. The van der Waals surface area contributed by atoms with Crippen molar-refractivity contribution in [2.45, 2.75) is 25.7 Å². The lowest BCUT2D eigenvalue weighted by atomic mass is 9.95. The van der Waals surface area contributed by atoms with E-state index in [9.17, 15) is 9.59 Å². The van der Waals surface area contributed by atoms with Crippen LogP contribution < -0.4 is 16.4 Å². The lowest BCUT2D eigenvalue weighted by Crippen LogP contribution is -2.34. The molecule has 0 aliphatic heterocycles. The molecule has 5 nitrogen and oxygen atoms in total. The molecule has 1 aromatic carbocycles. The fraction of sp³-hybridized carbons (Fsp3) is 0.211. The topological polar surface area (TPSA) is 84.2 Å². The SMILES string of the molecule is NC(=O)c1c(NC(=S)NC(=O)c2sc3cc(Cl)ccc3c2Cl)sc2c1CCCC2. The molecule has 1 aliphatic carbocycles. The summed E-state index contributed by atoms with van der Waals surface area (Å²) in [6.45, 7) is 0. The molecule has 0 saturated carbocycles. The molecular formula is C19H15Cl2N3O2S3. The second kappa shape index (κ2) is 8.20. The maximum absolute atomic E-state index is 12.7. The summed E-state index contributed by atoms with van der Waals surface area (Å²) in [5, 5.41) is 7.94. The first kappa shape index (κ1) is 20.6. The van der Waals surface area contributed by atoms with E-state index in [2.05, 4.69) is 10.6 Å². The number of rotatable bonds is 3. The van der Waals surface area contributed by atoms with E-state index in [1.807, 2.05) is 0 Å². The first-order chi connectivity index (χ1) is 13.8. The number of nitrogens with one attached hydrogen (secondary N) is 2. The van der Waals surface area contributed by atoms with Crippen molar-refractivity contribution in [2.24, 2.45) is 5.73 Å². The molecule has 29 heavy (non-hydrogen) atoms. The van der Waals surface area contributed by atoms with E-state index in [1.165, 1.54) is 22.7 Å². The normalized spacial score (nSPS) is 13.2. The smallest absolute Gasteiger partial charge is 0.269 e. The third-order valence-corrected chi connectivity index (χ3v) is 7.97. The van der Waals surface area contributed by atoms with Crippen molar-refractivity contribution in [3.05, 3.63) is 49.1 Å². The van der Waals surface area contributed by atoms with Gasteiger partial charge >= 0.3 is 0 Å². The molecule has 0 saturated heterocycles. The molecule has 10 heteroatoms. The summed E-state index contributed by atoms with van der Waals surface area (Å²) in [6.07, 6.45) is 3.85. The zero-order valence-corrected chi connectivity index (χ0v) is 18.9. The number of anilines is 1.